The van der Waals surface area contributed by atoms with Crippen LogP contribution in [0.1, 0.15) is 5.56 Å². The fourth-order valence-electron chi connectivity index (χ4n) is 1.64. The molecule has 2 rings (SSSR count). The molecular weight excluding hydrogens is 276 g/mol. The van der Waals surface area contributed by atoms with Gasteiger partial charge in [-0.05, 0) is 18.2 Å². The lowest BCUT2D eigenvalue weighted by atomic mass is 10.2. The van der Waals surface area contributed by atoms with E-state index in [-0.39, 0.29) is 11.5 Å². The number of nitrogens with two attached hydrogens (primary N) is 1. The van der Waals surface area contributed by atoms with Gasteiger partial charge in [0.05, 0.1) is 11.5 Å². The zero-order chi connectivity index (χ0) is 14.6. The van der Waals surface area contributed by atoms with E-state index in [0.29, 0.717) is 5.69 Å². The van der Waals surface area contributed by atoms with Gasteiger partial charge in [0.15, 0.2) is 0 Å². The van der Waals surface area contributed by atoms with Crippen molar-refractivity contribution in [3.05, 3.63) is 60.2 Å². The van der Waals surface area contributed by atoms with E-state index in [1.807, 2.05) is 12.1 Å². The molecule has 0 saturated heterocycles. The lowest BCUT2D eigenvalue weighted by molar-refractivity contribution is -0.0767. The Morgan fingerprint density at radius 2 is 1.65 bits per heavy atom. The minimum absolute atomic E-state index is 0.0925. The molecule has 2 aromatic rings. The predicted octanol–water partition coefficient (Wildman–Crippen LogP) is 2.02. The van der Waals surface area contributed by atoms with Crippen LogP contribution in [0.4, 0.5) is 5.69 Å². The van der Waals surface area contributed by atoms with Gasteiger partial charge in [0.2, 0.25) is 0 Å². The minimum Gasteiger partial charge on any atom is -0.398 e. The summed E-state index contributed by atoms with van der Waals surface area (Å²) in [6.07, 6.45) is 0. The summed E-state index contributed by atoms with van der Waals surface area (Å²) >= 11 is 0. The zero-order valence-corrected chi connectivity index (χ0v) is 11.9. The Morgan fingerprint density at radius 3 is 2.30 bits per heavy atom. The third kappa shape index (κ3) is 3.16. The van der Waals surface area contributed by atoms with Gasteiger partial charge < -0.3 is 5.73 Å². The Hall–Kier alpha value is -1.89. The van der Waals surface area contributed by atoms with Crippen molar-refractivity contribution in [3.8, 4) is 0 Å². The van der Waals surface area contributed by atoms with Crippen LogP contribution < -0.4 is 5.73 Å². The summed E-state index contributed by atoms with van der Waals surface area (Å²) in [6.45, 7) is 0.0925. The van der Waals surface area contributed by atoms with Gasteiger partial charge in [-0.3, -0.25) is 4.84 Å². The summed E-state index contributed by atoms with van der Waals surface area (Å²) < 4.78 is 25.3. The average Bonchev–Trinajstić information content (AvgIpc) is 2.47. The van der Waals surface area contributed by atoms with Gasteiger partial charge in [0.25, 0.3) is 10.0 Å². The fourth-order valence-corrected chi connectivity index (χ4v) is 2.63. The van der Waals surface area contributed by atoms with E-state index >= 15 is 0 Å². The second-order valence-electron chi connectivity index (χ2n) is 4.20. The van der Waals surface area contributed by atoms with Crippen LogP contribution in [0.15, 0.2) is 59.5 Å². The molecule has 6 heteroatoms. The molecule has 0 amide bonds. The van der Waals surface area contributed by atoms with Gasteiger partial charge >= 0.3 is 0 Å². The van der Waals surface area contributed by atoms with Gasteiger partial charge in [0.1, 0.15) is 0 Å². The number of anilines is 1. The molecule has 5 nitrogen and oxygen atoms in total. The minimum atomic E-state index is -3.65. The Kier molecular flexibility index (Phi) is 4.39. The van der Waals surface area contributed by atoms with Crippen molar-refractivity contribution in [2.45, 2.75) is 11.5 Å². The van der Waals surface area contributed by atoms with Crippen LogP contribution >= 0.6 is 0 Å². The second kappa shape index (κ2) is 6.04. The molecule has 0 aromatic heterocycles. The summed E-state index contributed by atoms with van der Waals surface area (Å²) in [7, 11) is -2.29. The molecule has 0 fully saturated rings. The molecule has 0 heterocycles. The number of hydroxylamine groups is 1. The summed E-state index contributed by atoms with van der Waals surface area (Å²) in [5.41, 5.74) is 7.09. The maximum absolute atomic E-state index is 12.2. The SMILES string of the molecule is CN(OCc1ccccc1N)S(=O)(=O)c1ccccc1. The number of nitrogens with zero attached hydrogens (tertiary/aromatic N) is 1. The predicted molar refractivity (Wildman–Crippen MR) is 77.0 cm³/mol. The smallest absolute Gasteiger partial charge is 0.264 e. The zero-order valence-electron chi connectivity index (χ0n) is 11.1. The number of hydrogen-bond donors (Lipinski definition) is 1. The van der Waals surface area contributed by atoms with E-state index < -0.39 is 10.0 Å². The molecule has 0 unspecified atom stereocenters. The topological polar surface area (TPSA) is 72.6 Å². The standard InChI is InChI=1S/C14H16N2O3S/c1-16(19-11-12-7-5-6-10-14(12)15)20(17,18)13-8-3-2-4-9-13/h2-10H,11,15H2,1H3. The number of benzene rings is 2. The average molecular weight is 292 g/mol. The Labute approximate surface area is 118 Å². The van der Waals surface area contributed by atoms with Crippen molar-refractivity contribution in [2.75, 3.05) is 12.8 Å². The van der Waals surface area contributed by atoms with Crippen LogP contribution in [0.3, 0.4) is 0 Å². The maximum Gasteiger partial charge on any atom is 0.264 e. The summed E-state index contributed by atoms with van der Waals surface area (Å²) in [6, 6.07) is 15.3. The third-order valence-electron chi connectivity index (χ3n) is 2.84. The van der Waals surface area contributed by atoms with Crippen molar-refractivity contribution < 1.29 is 13.3 Å². The summed E-state index contributed by atoms with van der Waals surface area (Å²) in [5, 5.41) is 0. The lowest BCUT2D eigenvalue weighted by Crippen LogP contribution is -2.27. The molecule has 0 aliphatic carbocycles. The molecule has 0 saturated carbocycles. The molecule has 2 N–H and O–H groups in total. The highest BCUT2D eigenvalue weighted by Gasteiger charge is 2.21. The van der Waals surface area contributed by atoms with Crippen LogP contribution in [-0.4, -0.2) is 19.9 Å². The largest absolute Gasteiger partial charge is 0.398 e. The lowest BCUT2D eigenvalue weighted by Gasteiger charge is -2.17. The van der Waals surface area contributed by atoms with E-state index in [2.05, 4.69) is 0 Å². The first kappa shape index (κ1) is 14.5. The molecule has 0 bridgehead atoms. The number of para-hydroxylation sites is 1. The molecule has 0 radical (unpaired) electrons. The van der Waals surface area contributed by atoms with Crippen LogP contribution in [0.25, 0.3) is 0 Å². The van der Waals surface area contributed by atoms with Crippen LogP contribution in [0.5, 0.6) is 0 Å². The highest BCUT2D eigenvalue weighted by Crippen LogP contribution is 2.17. The normalized spacial score (nSPS) is 11.7. The molecule has 0 spiro atoms. The van der Waals surface area contributed by atoms with Crippen molar-refractivity contribution >= 4 is 15.7 Å². The van der Waals surface area contributed by atoms with Crippen molar-refractivity contribution in [1.82, 2.24) is 4.47 Å². The molecule has 0 aliphatic heterocycles. The van der Waals surface area contributed by atoms with Gasteiger partial charge in [-0.2, -0.15) is 0 Å². The van der Waals surface area contributed by atoms with Crippen molar-refractivity contribution in [2.24, 2.45) is 0 Å². The van der Waals surface area contributed by atoms with Crippen LogP contribution in [0.2, 0.25) is 0 Å². The molecule has 2 aromatic carbocycles. The van der Waals surface area contributed by atoms with Gasteiger partial charge in [-0.25, -0.2) is 8.42 Å². The first-order valence-corrected chi connectivity index (χ1v) is 7.46. The molecule has 0 atom stereocenters. The molecule has 0 aliphatic rings. The first-order chi connectivity index (χ1) is 9.51. The third-order valence-corrected chi connectivity index (χ3v) is 4.49. The summed E-state index contributed by atoms with van der Waals surface area (Å²) in [5.74, 6) is 0. The molecule has 106 valence electrons. The number of sulfonamides is 1. The number of rotatable bonds is 5. The van der Waals surface area contributed by atoms with E-state index in [1.165, 1.54) is 19.2 Å². The number of nitrogen functional groups attached to an aromatic ring is 1. The molecular formula is C14H16N2O3S. The Balaban J connectivity index is 2.09. The van der Waals surface area contributed by atoms with E-state index in [4.69, 9.17) is 10.6 Å². The highest BCUT2D eigenvalue weighted by atomic mass is 32.2. The first-order valence-electron chi connectivity index (χ1n) is 6.02. The van der Waals surface area contributed by atoms with E-state index in [0.717, 1.165) is 10.0 Å². The van der Waals surface area contributed by atoms with E-state index in [9.17, 15) is 8.42 Å². The number of hydrogen-bond acceptors (Lipinski definition) is 4. The molecule has 20 heavy (non-hydrogen) atoms. The van der Waals surface area contributed by atoms with Crippen LogP contribution in [0, 0.1) is 0 Å². The Bertz CT molecular complexity index is 672. The van der Waals surface area contributed by atoms with E-state index in [1.54, 1.807) is 30.3 Å². The van der Waals surface area contributed by atoms with Gasteiger partial charge in [-0.1, -0.05) is 40.9 Å². The highest BCUT2D eigenvalue weighted by molar-refractivity contribution is 7.89. The van der Waals surface area contributed by atoms with Gasteiger partial charge in [-0.15, -0.1) is 0 Å². The monoisotopic (exact) mass is 292 g/mol. The second-order valence-corrected chi connectivity index (χ2v) is 6.14. The Morgan fingerprint density at radius 1 is 1.05 bits per heavy atom. The summed E-state index contributed by atoms with van der Waals surface area (Å²) in [4.78, 5) is 5.48. The van der Waals surface area contributed by atoms with Gasteiger partial charge in [0, 0.05) is 18.3 Å². The maximum atomic E-state index is 12.2. The quantitative estimate of drug-likeness (QED) is 0.676. The van der Waals surface area contributed by atoms with Crippen molar-refractivity contribution in [1.29, 1.82) is 0 Å². The van der Waals surface area contributed by atoms with Crippen molar-refractivity contribution in [3.63, 3.8) is 0 Å². The fraction of sp³-hybridized carbons (Fsp3) is 0.143. The van der Waals surface area contributed by atoms with Crippen LogP contribution in [-0.2, 0) is 21.5 Å².